The zero-order valence-electron chi connectivity index (χ0n) is 17.1. The van der Waals surface area contributed by atoms with E-state index in [1.165, 1.54) is 43.4 Å². The molecule has 0 N–H and O–H groups in total. The lowest BCUT2D eigenvalue weighted by Gasteiger charge is -2.15. The molecule has 0 bridgehead atoms. The number of hydrogen-bond acceptors (Lipinski definition) is 3. The summed E-state index contributed by atoms with van der Waals surface area (Å²) in [5, 5.41) is 9.07. The van der Waals surface area contributed by atoms with Gasteiger partial charge in [0.1, 0.15) is 11.0 Å². The van der Waals surface area contributed by atoms with Crippen LogP contribution in [0.3, 0.4) is 0 Å². The molecule has 7 heteroatoms. The summed E-state index contributed by atoms with van der Waals surface area (Å²) in [6.07, 6.45) is 9.57. The number of benzene rings is 1. The molecule has 1 unspecified atom stereocenters. The molecule has 0 fully saturated rings. The topological polar surface area (TPSA) is 30.7 Å². The molecule has 3 nitrogen and oxygen atoms in total. The van der Waals surface area contributed by atoms with Crippen LogP contribution in [-0.2, 0) is 6.54 Å². The van der Waals surface area contributed by atoms with Crippen molar-refractivity contribution in [3.63, 3.8) is 0 Å². The van der Waals surface area contributed by atoms with Crippen LogP contribution in [0, 0.1) is 17.6 Å². The lowest BCUT2D eigenvalue weighted by Crippen LogP contribution is -2.13. The number of aromatic nitrogens is 3. The molecule has 0 aliphatic heterocycles. The number of rotatable bonds is 11. The second-order valence-corrected chi connectivity index (χ2v) is 10.1. The highest BCUT2D eigenvalue weighted by Gasteiger charge is 2.21. The van der Waals surface area contributed by atoms with E-state index >= 15 is 0 Å². The van der Waals surface area contributed by atoms with Gasteiger partial charge in [-0.25, -0.2) is 8.78 Å². The average Bonchev–Trinajstić information content (AvgIpc) is 3.29. The third-order valence-corrected chi connectivity index (χ3v) is 6.92. The maximum atomic E-state index is 14.6. The van der Waals surface area contributed by atoms with Crippen molar-refractivity contribution >= 4 is 38.3 Å². The molecule has 0 saturated heterocycles. The summed E-state index contributed by atoms with van der Waals surface area (Å²) in [4.78, 5) is 2.29. The van der Waals surface area contributed by atoms with Gasteiger partial charge in [-0.05, 0) is 46.8 Å². The van der Waals surface area contributed by atoms with Crippen LogP contribution in [0.15, 0.2) is 22.0 Å². The van der Waals surface area contributed by atoms with E-state index < -0.39 is 11.6 Å². The van der Waals surface area contributed by atoms with Crippen LogP contribution in [0.2, 0.25) is 0 Å². The van der Waals surface area contributed by atoms with E-state index in [0.717, 1.165) is 29.1 Å². The van der Waals surface area contributed by atoms with Crippen molar-refractivity contribution < 1.29 is 8.78 Å². The van der Waals surface area contributed by atoms with E-state index in [1.807, 2.05) is 6.07 Å². The Hall–Kier alpha value is -1.34. The van der Waals surface area contributed by atoms with E-state index in [-0.39, 0.29) is 5.56 Å². The molecule has 2 aromatic heterocycles. The van der Waals surface area contributed by atoms with Gasteiger partial charge in [-0.3, -0.25) is 0 Å². The van der Waals surface area contributed by atoms with Gasteiger partial charge < -0.3 is 0 Å². The number of unbranched alkanes of at least 4 members (excludes halogenated alkanes) is 4. The highest BCUT2D eigenvalue weighted by molar-refractivity contribution is 9.11. The minimum Gasteiger partial charge on any atom is -0.204 e. The van der Waals surface area contributed by atoms with Crippen molar-refractivity contribution in [2.45, 2.75) is 71.8 Å². The Kier molecular flexibility index (Phi) is 8.18. The predicted octanol–water partition coefficient (Wildman–Crippen LogP) is 7.98. The summed E-state index contributed by atoms with van der Waals surface area (Å²) in [6, 6.07) is 4.77. The van der Waals surface area contributed by atoms with Gasteiger partial charge in [-0.15, -0.1) is 11.3 Å². The molecule has 0 amide bonds. The highest BCUT2D eigenvalue weighted by Crippen LogP contribution is 2.37. The van der Waals surface area contributed by atoms with Crippen molar-refractivity contribution in [2.75, 3.05) is 0 Å². The maximum Gasteiger partial charge on any atom is 0.169 e. The molecule has 3 aromatic rings. The van der Waals surface area contributed by atoms with Crippen LogP contribution in [0.1, 0.15) is 65.2 Å². The molecule has 0 radical (unpaired) electrons. The molecule has 0 spiro atoms. The number of thiophene rings is 1. The van der Waals surface area contributed by atoms with Gasteiger partial charge in [0.15, 0.2) is 11.6 Å². The van der Waals surface area contributed by atoms with Gasteiger partial charge in [0, 0.05) is 10.9 Å². The quantitative estimate of drug-likeness (QED) is 0.258. The summed E-state index contributed by atoms with van der Waals surface area (Å²) in [7, 11) is 0. The van der Waals surface area contributed by atoms with Crippen molar-refractivity contribution in [2.24, 2.45) is 5.92 Å². The van der Waals surface area contributed by atoms with Crippen LogP contribution in [0.5, 0.6) is 0 Å². The Morgan fingerprint density at radius 3 is 2.48 bits per heavy atom. The van der Waals surface area contributed by atoms with Crippen LogP contribution in [-0.4, -0.2) is 15.0 Å². The van der Waals surface area contributed by atoms with E-state index in [2.05, 4.69) is 40.0 Å². The van der Waals surface area contributed by atoms with E-state index in [9.17, 15) is 8.78 Å². The van der Waals surface area contributed by atoms with Crippen LogP contribution in [0.4, 0.5) is 8.78 Å². The summed E-state index contributed by atoms with van der Waals surface area (Å²) in [6.45, 7) is 5.11. The smallest absolute Gasteiger partial charge is 0.169 e. The predicted molar refractivity (Wildman–Crippen MR) is 120 cm³/mol. The molecule has 158 valence electrons. The molecule has 0 aliphatic carbocycles. The fourth-order valence-electron chi connectivity index (χ4n) is 3.71. The van der Waals surface area contributed by atoms with E-state index in [1.54, 1.807) is 10.9 Å². The molecular formula is C22H28BrF2N3S. The largest absolute Gasteiger partial charge is 0.204 e. The second-order valence-electron chi connectivity index (χ2n) is 7.63. The summed E-state index contributed by atoms with van der Waals surface area (Å²) in [5.74, 6) is -1.25. The molecule has 29 heavy (non-hydrogen) atoms. The third kappa shape index (κ3) is 5.63. The van der Waals surface area contributed by atoms with Gasteiger partial charge in [0.25, 0.3) is 0 Å². The van der Waals surface area contributed by atoms with Crippen molar-refractivity contribution in [3.8, 4) is 10.4 Å². The first-order chi connectivity index (χ1) is 14.0. The molecule has 0 saturated carbocycles. The Balaban J connectivity index is 1.87. The fourth-order valence-corrected chi connectivity index (χ4v) is 5.13. The molecule has 3 rings (SSSR count). The van der Waals surface area contributed by atoms with Crippen LogP contribution < -0.4 is 0 Å². The standard InChI is InChI=1S/C22H28BrF2N3S/c1-3-5-7-8-10-15(9-6-4-2)14-28-26-17-13-16(24)21(25)20(22(17)27-28)18-11-12-19(23)29-18/h11-13,15H,3-10,14H2,1-2H3. The first-order valence-corrected chi connectivity index (χ1v) is 12.1. The van der Waals surface area contributed by atoms with Gasteiger partial charge in [0.2, 0.25) is 0 Å². The van der Waals surface area contributed by atoms with Gasteiger partial charge in [-0.1, -0.05) is 52.4 Å². The van der Waals surface area contributed by atoms with E-state index in [0.29, 0.717) is 28.4 Å². The van der Waals surface area contributed by atoms with Crippen LogP contribution in [0.25, 0.3) is 21.5 Å². The molecule has 2 heterocycles. The first-order valence-electron chi connectivity index (χ1n) is 10.5. The fraction of sp³-hybridized carbons (Fsp3) is 0.545. The number of halogens is 3. The average molecular weight is 484 g/mol. The molecule has 1 aromatic carbocycles. The second kappa shape index (κ2) is 10.6. The van der Waals surface area contributed by atoms with Crippen molar-refractivity contribution in [1.82, 2.24) is 15.0 Å². The minimum atomic E-state index is -0.883. The normalized spacial score (nSPS) is 12.7. The maximum absolute atomic E-state index is 14.6. The van der Waals surface area contributed by atoms with Crippen molar-refractivity contribution in [1.29, 1.82) is 0 Å². The van der Waals surface area contributed by atoms with Gasteiger partial charge in [0.05, 0.1) is 15.9 Å². The zero-order valence-corrected chi connectivity index (χ0v) is 19.5. The summed E-state index contributed by atoms with van der Waals surface area (Å²) in [5.41, 5.74) is 1.04. The SMILES string of the molecule is CCCCCCC(CCCC)Cn1nc2cc(F)c(F)c(-c3ccc(Br)s3)c2n1. The zero-order chi connectivity index (χ0) is 20.8. The lowest BCUT2D eigenvalue weighted by molar-refractivity contribution is 0.330. The Morgan fingerprint density at radius 2 is 1.79 bits per heavy atom. The monoisotopic (exact) mass is 483 g/mol. The number of nitrogens with zero attached hydrogens (tertiary/aromatic N) is 3. The summed E-state index contributed by atoms with van der Waals surface area (Å²) < 4.78 is 29.7. The van der Waals surface area contributed by atoms with Crippen molar-refractivity contribution in [3.05, 3.63) is 33.6 Å². The van der Waals surface area contributed by atoms with E-state index in [4.69, 9.17) is 0 Å². The molecule has 1 atom stereocenters. The number of hydrogen-bond donors (Lipinski definition) is 0. The minimum absolute atomic E-state index is 0.204. The Bertz CT molecular complexity index is 938. The number of fused-ring (bicyclic) bond motifs is 1. The van der Waals surface area contributed by atoms with Crippen LogP contribution >= 0.6 is 27.3 Å². The van der Waals surface area contributed by atoms with Gasteiger partial charge in [-0.2, -0.15) is 15.0 Å². The highest BCUT2D eigenvalue weighted by atomic mass is 79.9. The summed E-state index contributed by atoms with van der Waals surface area (Å²) >= 11 is 4.76. The Morgan fingerprint density at radius 1 is 1.03 bits per heavy atom. The third-order valence-electron chi connectivity index (χ3n) is 5.28. The Labute approximate surface area is 183 Å². The molecule has 0 aliphatic rings. The molecular weight excluding hydrogens is 456 g/mol. The van der Waals surface area contributed by atoms with Gasteiger partial charge >= 0.3 is 0 Å². The first kappa shape index (κ1) is 22.3. The lowest BCUT2D eigenvalue weighted by atomic mass is 9.95.